The number of hydrogen-bond acceptors (Lipinski definition) is 7. The zero-order valence-electron chi connectivity index (χ0n) is 16.5. The summed E-state index contributed by atoms with van der Waals surface area (Å²) in [7, 11) is 0. The molecule has 27 heavy (non-hydrogen) atoms. The van der Waals surface area contributed by atoms with Crippen LogP contribution in [-0.2, 0) is 22.5 Å². The van der Waals surface area contributed by atoms with Gasteiger partial charge in [-0.05, 0) is 38.2 Å². The van der Waals surface area contributed by atoms with Crippen molar-refractivity contribution in [1.82, 2.24) is 9.97 Å². The Bertz CT molecular complexity index is 804. The molecule has 2 aromatic rings. The van der Waals surface area contributed by atoms with Crippen molar-refractivity contribution in [2.75, 3.05) is 24.2 Å². The minimum absolute atomic E-state index is 0.0948. The van der Waals surface area contributed by atoms with Crippen LogP contribution in [0.5, 0.6) is 0 Å². The molecule has 7 heteroatoms. The lowest BCUT2D eigenvalue weighted by atomic mass is 9.90. The van der Waals surface area contributed by atoms with Crippen LogP contribution in [0.15, 0.2) is 5.16 Å². The molecule has 0 unspecified atom stereocenters. The summed E-state index contributed by atoms with van der Waals surface area (Å²) in [6.07, 6.45) is 5.63. The first-order chi connectivity index (χ1) is 13.1. The number of fused-ring (bicyclic) bond motifs is 3. The monoisotopic (exact) mass is 407 g/mol. The average Bonchev–Trinajstić information content (AvgIpc) is 3.31. The number of rotatable bonds is 7. The Kier molecular flexibility index (Phi) is 5.92. The van der Waals surface area contributed by atoms with E-state index in [0.717, 1.165) is 66.8 Å². The number of hydrogen-bond donors (Lipinski definition) is 1. The lowest BCUT2D eigenvalue weighted by Crippen LogP contribution is -2.34. The van der Waals surface area contributed by atoms with E-state index in [0.29, 0.717) is 12.7 Å². The first-order valence-corrected chi connectivity index (χ1v) is 11.9. The predicted molar refractivity (Wildman–Crippen MR) is 113 cm³/mol. The van der Waals surface area contributed by atoms with Crippen molar-refractivity contribution in [3.8, 4) is 0 Å². The van der Waals surface area contributed by atoms with Gasteiger partial charge in [-0.1, -0.05) is 25.6 Å². The maximum Gasteiger partial charge on any atom is 0.190 e. The molecule has 0 radical (unpaired) electrons. The van der Waals surface area contributed by atoms with Gasteiger partial charge in [0.15, 0.2) is 5.16 Å². The number of aromatic nitrogens is 2. The topological polar surface area (TPSA) is 56.3 Å². The molecule has 1 N–H and O–H groups in total. The van der Waals surface area contributed by atoms with Crippen LogP contribution in [0.2, 0.25) is 0 Å². The van der Waals surface area contributed by atoms with Gasteiger partial charge in [0.25, 0.3) is 0 Å². The van der Waals surface area contributed by atoms with E-state index in [1.807, 2.05) is 0 Å². The third-order valence-corrected chi connectivity index (χ3v) is 7.67. The largest absolute Gasteiger partial charge is 0.376 e. The van der Waals surface area contributed by atoms with E-state index in [1.54, 1.807) is 23.1 Å². The second-order valence-corrected chi connectivity index (χ2v) is 9.82. The van der Waals surface area contributed by atoms with Crippen LogP contribution in [0.4, 0.5) is 5.82 Å². The molecular weight excluding hydrogens is 378 g/mol. The zero-order chi connectivity index (χ0) is 18.9. The Morgan fingerprint density at radius 2 is 2.22 bits per heavy atom. The van der Waals surface area contributed by atoms with Crippen LogP contribution in [0.25, 0.3) is 10.2 Å². The fraction of sp³-hybridized carbons (Fsp3) is 0.700. The van der Waals surface area contributed by atoms with Crippen LogP contribution >= 0.6 is 23.1 Å². The van der Waals surface area contributed by atoms with E-state index in [4.69, 9.17) is 19.4 Å². The molecule has 0 aromatic carbocycles. The highest BCUT2D eigenvalue weighted by Crippen LogP contribution is 2.42. The third-order valence-electron chi connectivity index (χ3n) is 5.52. The summed E-state index contributed by atoms with van der Waals surface area (Å²) in [5.74, 6) is 2.02. The Morgan fingerprint density at radius 3 is 2.96 bits per heavy atom. The van der Waals surface area contributed by atoms with Gasteiger partial charge < -0.3 is 14.8 Å². The summed E-state index contributed by atoms with van der Waals surface area (Å²) in [6.45, 7) is 8.98. The molecule has 4 rings (SSSR count). The molecule has 2 aliphatic heterocycles. The van der Waals surface area contributed by atoms with Crippen LogP contribution in [0.3, 0.4) is 0 Å². The molecule has 0 bridgehead atoms. The van der Waals surface area contributed by atoms with Crippen LogP contribution in [0, 0.1) is 0 Å². The fourth-order valence-corrected chi connectivity index (χ4v) is 5.54. The van der Waals surface area contributed by atoms with Gasteiger partial charge in [0, 0.05) is 30.2 Å². The van der Waals surface area contributed by atoms with Crippen LogP contribution in [0.1, 0.15) is 56.9 Å². The van der Waals surface area contributed by atoms with E-state index in [1.165, 1.54) is 15.8 Å². The van der Waals surface area contributed by atoms with Crippen molar-refractivity contribution >= 4 is 39.1 Å². The number of thioether (sulfide) groups is 1. The first-order valence-electron chi connectivity index (χ1n) is 10.1. The van der Waals surface area contributed by atoms with Crippen LogP contribution < -0.4 is 5.32 Å². The molecule has 148 valence electrons. The highest BCUT2D eigenvalue weighted by molar-refractivity contribution is 7.99. The van der Waals surface area contributed by atoms with Crippen molar-refractivity contribution in [1.29, 1.82) is 0 Å². The second kappa shape index (κ2) is 8.23. The Balaban J connectivity index is 1.70. The number of thiophene rings is 1. The van der Waals surface area contributed by atoms with E-state index < -0.39 is 0 Å². The maximum absolute atomic E-state index is 6.16. The Labute approximate surface area is 169 Å². The average molecular weight is 408 g/mol. The molecule has 1 saturated heterocycles. The molecule has 5 nitrogen and oxygen atoms in total. The van der Waals surface area contributed by atoms with Gasteiger partial charge in [0.1, 0.15) is 10.6 Å². The number of ether oxygens (including phenoxy) is 2. The molecule has 0 spiro atoms. The van der Waals surface area contributed by atoms with E-state index >= 15 is 0 Å². The SMILES string of the molecule is CCCSc1nc(NC[C@H]2CCCO2)c2c3c(sc2n1)CO[C@@](C)(CC)C3. The molecule has 0 amide bonds. The summed E-state index contributed by atoms with van der Waals surface area (Å²) < 4.78 is 12.0. The summed E-state index contributed by atoms with van der Waals surface area (Å²) in [5.41, 5.74) is 1.29. The van der Waals surface area contributed by atoms with E-state index in [2.05, 4.69) is 26.1 Å². The molecule has 2 aromatic heterocycles. The molecule has 2 atom stereocenters. The molecule has 0 saturated carbocycles. The summed E-state index contributed by atoms with van der Waals surface area (Å²) in [5, 5.41) is 5.68. The van der Waals surface area contributed by atoms with Gasteiger partial charge in [-0.15, -0.1) is 11.3 Å². The first kappa shape index (κ1) is 19.4. The second-order valence-electron chi connectivity index (χ2n) is 7.67. The lowest BCUT2D eigenvalue weighted by molar-refractivity contribution is -0.0542. The van der Waals surface area contributed by atoms with Gasteiger partial charge in [0.2, 0.25) is 0 Å². The third kappa shape index (κ3) is 4.11. The standard InChI is InChI=1S/C20H29N3O2S2/c1-4-9-26-19-22-17(21-11-13-7-6-8-24-13)16-14-10-20(3,5-2)25-12-15(14)27-18(16)23-19/h13H,4-12H2,1-3H3,(H,21,22,23)/t13-,20+/m1/s1. The summed E-state index contributed by atoms with van der Waals surface area (Å²) in [4.78, 5) is 12.2. The molecular formula is C20H29N3O2S2. The summed E-state index contributed by atoms with van der Waals surface area (Å²) in [6, 6.07) is 0. The highest BCUT2D eigenvalue weighted by atomic mass is 32.2. The van der Waals surface area contributed by atoms with Crippen LogP contribution in [-0.4, -0.2) is 40.6 Å². The van der Waals surface area contributed by atoms with Gasteiger partial charge in [0.05, 0.1) is 23.7 Å². The number of nitrogens with zero attached hydrogens (tertiary/aromatic N) is 2. The zero-order valence-corrected chi connectivity index (χ0v) is 18.1. The van der Waals surface area contributed by atoms with Crippen molar-refractivity contribution in [2.45, 2.75) is 76.3 Å². The minimum Gasteiger partial charge on any atom is -0.376 e. The quantitative estimate of drug-likeness (QED) is 0.513. The van der Waals surface area contributed by atoms with E-state index in [9.17, 15) is 0 Å². The number of nitrogens with one attached hydrogen (secondary N) is 1. The van der Waals surface area contributed by atoms with E-state index in [-0.39, 0.29) is 5.60 Å². The minimum atomic E-state index is -0.0948. The van der Waals surface area contributed by atoms with Crippen molar-refractivity contribution < 1.29 is 9.47 Å². The maximum atomic E-state index is 6.16. The van der Waals surface area contributed by atoms with Gasteiger partial charge in [-0.2, -0.15) is 0 Å². The summed E-state index contributed by atoms with van der Waals surface area (Å²) >= 11 is 3.51. The normalized spacial score (nSPS) is 25.1. The molecule has 4 heterocycles. The number of anilines is 1. The Morgan fingerprint density at radius 1 is 1.33 bits per heavy atom. The van der Waals surface area contributed by atoms with Gasteiger partial charge in [-0.25, -0.2) is 9.97 Å². The predicted octanol–water partition coefficient (Wildman–Crippen LogP) is 5.03. The smallest absolute Gasteiger partial charge is 0.190 e. The molecule has 1 fully saturated rings. The van der Waals surface area contributed by atoms with Gasteiger partial charge in [-0.3, -0.25) is 0 Å². The van der Waals surface area contributed by atoms with Crippen molar-refractivity contribution in [2.24, 2.45) is 0 Å². The fourth-order valence-electron chi connectivity index (χ4n) is 3.68. The van der Waals surface area contributed by atoms with Crippen molar-refractivity contribution in [3.05, 3.63) is 10.4 Å². The molecule has 0 aliphatic carbocycles. The van der Waals surface area contributed by atoms with Gasteiger partial charge >= 0.3 is 0 Å². The van der Waals surface area contributed by atoms with Crippen molar-refractivity contribution in [3.63, 3.8) is 0 Å². The lowest BCUT2D eigenvalue weighted by Gasteiger charge is -2.33. The highest BCUT2D eigenvalue weighted by Gasteiger charge is 2.33. The Hall–Kier alpha value is -0.890. The molecule has 2 aliphatic rings.